The van der Waals surface area contributed by atoms with Crippen LogP contribution in [0.4, 0.5) is 16.0 Å². The predicted octanol–water partition coefficient (Wildman–Crippen LogP) is 2.58. The molecule has 8 heteroatoms. The minimum atomic E-state index is -0.383. The highest BCUT2D eigenvalue weighted by molar-refractivity contribution is 7.80. The molecule has 24 heavy (non-hydrogen) atoms. The van der Waals surface area contributed by atoms with Crippen LogP contribution in [0.15, 0.2) is 45.9 Å². The molecule has 1 aliphatic heterocycles. The molecule has 2 aromatic rings. The number of ether oxygens (including phenoxy) is 1. The second-order valence-corrected chi connectivity index (χ2v) is 5.49. The lowest BCUT2D eigenvalue weighted by atomic mass is 10.3. The summed E-state index contributed by atoms with van der Waals surface area (Å²) in [4.78, 5) is 2.11. The van der Waals surface area contributed by atoms with Crippen molar-refractivity contribution in [2.75, 3.05) is 36.5 Å². The fraction of sp³-hybridized carbons (Fsp3) is 0.250. The molecule has 1 aromatic carbocycles. The highest BCUT2D eigenvalue weighted by atomic mass is 32.1. The quantitative estimate of drug-likeness (QED) is 0.503. The maximum atomic E-state index is 13.5. The van der Waals surface area contributed by atoms with E-state index in [1.807, 2.05) is 12.1 Å². The van der Waals surface area contributed by atoms with E-state index in [-0.39, 0.29) is 16.6 Å². The molecule has 0 unspecified atom stereocenters. The molecule has 0 bridgehead atoms. The molecule has 0 atom stereocenters. The van der Waals surface area contributed by atoms with E-state index in [1.165, 1.54) is 12.3 Å². The molecular formula is C16H17FN4O2S. The Bertz CT molecular complexity index is 728. The third-order valence-electron chi connectivity index (χ3n) is 3.42. The number of rotatable bonds is 4. The Morgan fingerprint density at radius 2 is 2.00 bits per heavy atom. The molecule has 1 saturated heterocycles. The minimum absolute atomic E-state index is 0.191. The number of hydrogen-bond acceptors (Lipinski definition) is 5. The lowest BCUT2D eigenvalue weighted by molar-refractivity contribution is 0.120. The van der Waals surface area contributed by atoms with E-state index in [9.17, 15) is 4.39 Å². The Balaban J connectivity index is 1.52. The molecule has 2 heterocycles. The van der Waals surface area contributed by atoms with E-state index in [0.717, 1.165) is 19.0 Å². The van der Waals surface area contributed by atoms with E-state index in [2.05, 4.69) is 20.7 Å². The summed E-state index contributed by atoms with van der Waals surface area (Å²) in [7, 11) is 0. The van der Waals surface area contributed by atoms with Gasteiger partial charge in [0.05, 0.1) is 25.1 Å². The average Bonchev–Trinajstić information content (AvgIpc) is 3.07. The number of halogens is 1. The van der Waals surface area contributed by atoms with Crippen molar-refractivity contribution in [2.45, 2.75) is 0 Å². The van der Waals surface area contributed by atoms with Gasteiger partial charge in [0.25, 0.3) is 0 Å². The Labute approximate surface area is 144 Å². The van der Waals surface area contributed by atoms with E-state index < -0.39 is 0 Å². The normalized spacial score (nSPS) is 14.8. The zero-order valence-corrected chi connectivity index (χ0v) is 13.7. The number of hydrazone groups is 1. The van der Waals surface area contributed by atoms with Crippen LogP contribution in [0.1, 0.15) is 5.76 Å². The van der Waals surface area contributed by atoms with Gasteiger partial charge < -0.3 is 19.4 Å². The van der Waals surface area contributed by atoms with Crippen molar-refractivity contribution in [3.8, 4) is 0 Å². The molecule has 0 spiro atoms. The third-order valence-corrected chi connectivity index (χ3v) is 3.61. The van der Waals surface area contributed by atoms with Crippen LogP contribution in [0, 0.1) is 5.82 Å². The summed E-state index contributed by atoms with van der Waals surface area (Å²) in [5.41, 5.74) is 2.91. The van der Waals surface area contributed by atoms with Crippen LogP contribution < -0.4 is 15.6 Å². The van der Waals surface area contributed by atoms with E-state index in [1.54, 1.807) is 18.2 Å². The third kappa shape index (κ3) is 4.30. The van der Waals surface area contributed by atoms with Crippen molar-refractivity contribution in [1.29, 1.82) is 0 Å². The number of para-hydroxylation sites is 1. The molecular weight excluding hydrogens is 331 g/mol. The summed E-state index contributed by atoms with van der Waals surface area (Å²) in [6.45, 7) is 3.00. The first-order valence-corrected chi connectivity index (χ1v) is 7.90. The van der Waals surface area contributed by atoms with Crippen LogP contribution in [0.5, 0.6) is 0 Å². The largest absolute Gasteiger partial charge is 0.440 e. The maximum Gasteiger partial charge on any atom is 0.196 e. The second-order valence-electron chi connectivity index (χ2n) is 5.08. The van der Waals surface area contributed by atoms with Gasteiger partial charge in [0, 0.05) is 19.2 Å². The van der Waals surface area contributed by atoms with Crippen molar-refractivity contribution in [1.82, 2.24) is 5.43 Å². The molecule has 0 saturated carbocycles. The Morgan fingerprint density at radius 1 is 1.21 bits per heavy atom. The summed E-state index contributed by atoms with van der Waals surface area (Å²) in [6.07, 6.45) is 1.51. The van der Waals surface area contributed by atoms with Gasteiger partial charge in [-0.15, -0.1) is 0 Å². The van der Waals surface area contributed by atoms with Crippen LogP contribution in [-0.4, -0.2) is 37.6 Å². The number of anilines is 2. The fourth-order valence-electron chi connectivity index (χ4n) is 2.23. The molecule has 126 valence electrons. The van der Waals surface area contributed by atoms with Crippen molar-refractivity contribution in [2.24, 2.45) is 5.10 Å². The monoisotopic (exact) mass is 348 g/mol. The molecule has 6 nitrogen and oxygen atoms in total. The Kier molecular flexibility index (Phi) is 5.39. The van der Waals surface area contributed by atoms with Crippen LogP contribution in [-0.2, 0) is 4.74 Å². The number of morpholine rings is 1. The van der Waals surface area contributed by atoms with Crippen LogP contribution in [0.3, 0.4) is 0 Å². The van der Waals surface area contributed by atoms with Crippen molar-refractivity contribution >= 4 is 35.1 Å². The van der Waals surface area contributed by atoms with Gasteiger partial charge in [-0.1, -0.05) is 12.1 Å². The lowest BCUT2D eigenvalue weighted by Gasteiger charge is -2.26. The summed E-state index contributed by atoms with van der Waals surface area (Å²) in [6, 6.07) is 9.98. The van der Waals surface area contributed by atoms with Crippen LogP contribution >= 0.6 is 12.2 Å². The first kappa shape index (κ1) is 16.4. The lowest BCUT2D eigenvalue weighted by Crippen LogP contribution is -2.35. The predicted molar refractivity (Wildman–Crippen MR) is 95.1 cm³/mol. The molecule has 2 N–H and O–H groups in total. The second kappa shape index (κ2) is 7.89. The summed E-state index contributed by atoms with van der Waals surface area (Å²) in [5.74, 6) is 0.997. The Morgan fingerprint density at radius 3 is 2.79 bits per heavy atom. The van der Waals surface area contributed by atoms with Gasteiger partial charge in [-0.25, -0.2) is 4.39 Å². The van der Waals surface area contributed by atoms with Gasteiger partial charge >= 0.3 is 0 Å². The van der Waals surface area contributed by atoms with E-state index in [4.69, 9.17) is 21.4 Å². The van der Waals surface area contributed by atoms with Crippen LogP contribution in [0.25, 0.3) is 0 Å². The molecule has 1 fully saturated rings. The molecule has 1 aromatic heterocycles. The molecule has 0 radical (unpaired) electrons. The first-order chi connectivity index (χ1) is 11.7. The van der Waals surface area contributed by atoms with Gasteiger partial charge in [-0.2, -0.15) is 5.10 Å². The van der Waals surface area contributed by atoms with Crippen molar-refractivity contribution in [3.05, 3.63) is 48.0 Å². The van der Waals surface area contributed by atoms with Gasteiger partial charge in [-0.3, -0.25) is 5.43 Å². The van der Waals surface area contributed by atoms with Crippen molar-refractivity contribution < 1.29 is 13.5 Å². The molecule has 0 amide bonds. The van der Waals surface area contributed by atoms with Crippen LogP contribution in [0.2, 0.25) is 0 Å². The number of hydrogen-bond donors (Lipinski definition) is 2. The standard InChI is InChI=1S/C16H17FN4O2S/c17-13-3-1-2-4-14(13)19-16(24)20-18-11-12-5-6-15(23-12)21-7-9-22-10-8-21/h1-6,11H,7-10H2,(H2,19,20,24)/b18-11+. The summed E-state index contributed by atoms with van der Waals surface area (Å²) in [5, 5.41) is 6.91. The number of thiocarbonyl (C=S) groups is 1. The maximum absolute atomic E-state index is 13.5. The molecule has 0 aliphatic carbocycles. The number of nitrogens with one attached hydrogen (secondary N) is 2. The Hall–Kier alpha value is -2.45. The van der Waals surface area contributed by atoms with Gasteiger partial charge in [-0.05, 0) is 30.4 Å². The van der Waals surface area contributed by atoms with Crippen molar-refractivity contribution in [3.63, 3.8) is 0 Å². The first-order valence-electron chi connectivity index (χ1n) is 7.49. The van der Waals surface area contributed by atoms with Gasteiger partial charge in [0.15, 0.2) is 11.0 Å². The minimum Gasteiger partial charge on any atom is -0.440 e. The van der Waals surface area contributed by atoms with E-state index in [0.29, 0.717) is 19.0 Å². The van der Waals surface area contributed by atoms with Gasteiger partial charge in [0.2, 0.25) is 0 Å². The number of furan rings is 1. The average molecular weight is 348 g/mol. The zero-order valence-electron chi connectivity index (χ0n) is 12.9. The summed E-state index contributed by atoms with van der Waals surface area (Å²) >= 11 is 5.06. The highest BCUT2D eigenvalue weighted by Gasteiger charge is 2.14. The van der Waals surface area contributed by atoms with E-state index >= 15 is 0 Å². The molecule has 3 rings (SSSR count). The fourth-order valence-corrected chi connectivity index (χ4v) is 2.40. The highest BCUT2D eigenvalue weighted by Crippen LogP contribution is 2.18. The van der Waals surface area contributed by atoms with Gasteiger partial charge in [0.1, 0.15) is 11.6 Å². The zero-order chi connectivity index (χ0) is 16.8. The number of benzene rings is 1. The topological polar surface area (TPSA) is 62.0 Å². The molecule has 1 aliphatic rings. The smallest absolute Gasteiger partial charge is 0.196 e. The SMILES string of the molecule is Fc1ccccc1NC(=S)N/N=C/c1ccc(N2CCOCC2)o1. The summed E-state index contributed by atoms with van der Waals surface area (Å²) < 4.78 is 24.5. The number of nitrogens with zero attached hydrogens (tertiary/aromatic N) is 2.